The first-order chi connectivity index (χ1) is 7.27. The van der Waals surface area contributed by atoms with Crippen molar-refractivity contribution in [3.8, 4) is 5.75 Å². The van der Waals surface area contributed by atoms with Crippen LogP contribution in [0.15, 0.2) is 36.4 Å². The average Bonchev–Trinajstić information content (AvgIpc) is 2.29. The van der Waals surface area contributed by atoms with E-state index in [9.17, 15) is 0 Å². The summed E-state index contributed by atoms with van der Waals surface area (Å²) in [7, 11) is 0. The van der Waals surface area contributed by atoms with Crippen molar-refractivity contribution in [1.29, 1.82) is 0 Å². The maximum absolute atomic E-state index is 5.53. The second-order valence-corrected chi connectivity index (χ2v) is 3.76. The van der Waals surface area contributed by atoms with Gasteiger partial charge in [-0.1, -0.05) is 38.1 Å². The van der Waals surface area contributed by atoms with E-state index in [0.29, 0.717) is 12.5 Å². The topological polar surface area (TPSA) is 9.23 Å². The number of hydrogen-bond acceptors (Lipinski definition) is 1. The number of rotatable bonds is 5. The first-order valence-electron chi connectivity index (χ1n) is 5.61. The Hall–Kier alpha value is -1.24. The SMILES string of the molecule is C/C=C/COc1ccc(C(C)CC)cc1. The van der Waals surface area contributed by atoms with Crippen molar-refractivity contribution in [2.45, 2.75) is 33.1 Å². The summed E-state index contributed by atoms with van der Waals surface area (Å²) in [6.07, 6.45) is 5.18. The third kappa shape index (κ3) is 3.78. The molecule has 0 aliphatic heterocycles. The lowest BCUT2D eigenvalue weighted by atomic mass is 9.99. The summed E-state index contributed by atoms with van der Waals surface area (Å²) in [5.74, 6) is 1.58. The van der Waals surface area contributed by atoms with Crippen molar-refractivity contribution in [1.82, 2.24) is 0 Å². The van der Waals surface area contributed by atoms with Gasteiger partial charge in [-0.25, -0.2) is 0 Å². The highest BCUT2D eigenvalue weighted by molar-refractivity contribution is 5.29. The molecule has 1 aromatic carbocycles. The molecule has 0 aliphatic carbocycles. The highest BCUT2D eigenvalue weighted by atomic mass is 16.5. The summed E-state index contributed by atoms with van der Waals surface area (Å²) in [4.78, 5) is 0. The van der Waals surface area contributed by atoms with Gasteiger partial charge in [0.25, 0.3) is 0 Å². The highest BCUT2D eigenvalue weighted by Crippen LogP contribution is 2.21. The standard InChI is InChI=1S/C14H20O/c1-4-6-11-15-14-9-7-13(8-10-14)12(3)5-2/h4,6-10,12H,5,11H2,1-3H3/b6-4+. The number of benzene rings is 1. The molecular weight excluding hydrogens is 184 g/mol. The molecule has 0 bridgehead atoms. The van der Waals surface area contributed by atoms with E-state index < -0.39 is 0 Å². The zero-order chi connectivity index (χ0) is 11.1. The van der Waals surface area contributed by atoms with Gasteiger partial charge in [0, 0.05) is 0 Å². The molecule has 82 valence electrons. The molecule has 0 radical (unpaired) electrons. The zero-order valence-corrected chi connectivity index (χ0v) is 9.86. The second-order valence-electron chi connectivity index (χ2n) is 3.76. The van der Waals surface area contributed by atoms with Gasteiger partial charge in [0.05, 0.1) is 0 Å². The van der Waals surface area contributed by atoms with E-state index in [1.807, 2.05) is 31.2 Å². The summed E-state index contributed by atoms with van der Waals surface area (Å²) >= 11 is 0. The normalized spacial score (nSPS) is 13.0. The van der Waals surface area contributed by atoms with Crippen LogP contribution in [0, 0.1) is 0 Å². The summed E-state index contributed by atoms with van der Waals surface area (Å²) in [5.41, 5.74) is 1.39. The number of ether oxygens (including phenoxy) is 1. The van der Waals surface area contributed by atoms with E-state index in [-0.39, 0.29) is 0 Å². The Kier molecular flexibility index (Phi) is 4.96. The Labute approximate surface area is 92.8 Å². The van der Waals surface area contributed by atoms with Crippen LogP contribution in [0.25, 0.3) is 0 Å². The molecule has 0 spiro atoms. The van der Waals surface area contributed by atoms with Gasteiger partial charge in [0.1, 0.15) is 12.4 Å². The summed E-state index contributed by atoms with van der Waals surface area (Å²) in [5, 5.41) is 0. The predicted octanol–water partition coefficient (Wildman–Crippen LogP) is 4.16. The lowest BCUT2D eigenvalue weighted by Crippen LogP contribution is -1.94. The molecule has 0 saturated carbocycles. The van der Waals surface area contributed by atoms with Crippen molar-refractivity contribution >= 4 is 0 Å². The van der Waals surface area contributed by atoms with Gasteiger partial charge in [0.2, 0.25) is 0 Å². The van der Waals surface area contributed by atoms with Gasteiger partial charge in [-0.05, 0) is 37.0 Å². The molecule has 15 heavy (non-hydrogen) atoms. The molecule has 0 amide bonds. The van der Waals surface area contributed by atoms with Gasteiger partial charge in [-0.15, -0.1) is 0 Å². The molecule has 1 rings (SSSR count). The Morgan fingerprint density at radius 2 is 1.93 bits per heavy atom. The highest BCUT2D eigenvalue weighted by Gasteiger charge is 2.01. The number of allylic oxidation sites excluding steroid dienone is 1. The van der Waals surface area contributed by atoms with Crippen molar-refractivity contribution < 1.29 is 4.74 Å². The van der Waals surface area contributed by atoms with Gasteiger partial charge in [-0.3, -0.25) is 0 Å². The van der Waals surface area contributed by atoms with Crippen molar-refractivity contribution in [3.05, 3.63) is 42.0 Å². The Morgan fingerprint density at radius 3 is 2.47 bits per heavy atom. The molecule has 0 saturated heterocycles. The molecule has 0 aliphatic rings. The van der Waals surface area contributed by atoms with Crippen LogP contribution in [0.4, 0.5) is 0 Å². The summed E-state index contributed by atoms with van der Waals surface area (Å²) in [6, 6.07) is 8.40. The van der Waals surface area contributed by atoms with Crippen LogP contribution < -0.4 is 4.74 Å². The Balaban J connectivity index is 2.56. The van der Waals surface area contributed by atoms with Crippen LogP contribution in [0.1, 0.15) is 38.7 Å². The Morgan fingerprint density at radius 1 is 1.27 bits per heavy atom. The van der Waals surface area contributed by atoms with E-state index in [2.05, 4.69) is 26.0 Å². The minimum atomic E-state index is 0.634. The molecule has 1 nitrogen and oxygen atoms in total. The van der Waals surface area contributed by atoms with Crippen LogP contribution in [0.5, 0.6) is 5.75 Å². The van der Waals surface area contributed by atoms with Gasteiger partial charge in [0.15, 0.2) is 0 Å². The second kappa shape index (κ2) is 6.28. The van der Waals surface area contributed by atoms with Crippen LogP contribution in [0.3, 0.4) is 0 Å². The fourth-order valence-electron chi connectivity index (χ4n) is 1.37. The van der Waals surface area contributed by atoms with Crippen LogP contribution in [-0.4, -0.2) is 6.61 Å². The maximum atomic E-state index is 5.53. The molecule has 0 fully saturated rings. The molecular formula is C14H20O. The first-order valence-corrected chi connectivity index (χ1v) is 5.61. The fourth-order valence-corrected chi connectivity index (χ4v) is 1.37. The number of hydrogen-bond donors (Lipinski definition) is 0. The van der Waals surface area contributed by atoms with E-state index in [1.54, 1.807) is 0 Å². The maximum Gasteiger partial charge on any atom is 0.119 e. The molecule has 0 heterocycles. The van der Waals surface area contributed by atoms with Crippen molar-refractivity contribution in [3.63, 3.8) is 0 Å². The van der Waals surface area contributed by atoms with Gasteiger partial charge < -0.3 is 4.74 Å². The largest absolute Gasteiger partial charge is 0.490 e. The molecule has 1 unspecified atom stereocenters. The van der Waals surface area contributed by atoms with Crippen LogP contribution in [0.2, 0.25) is 0 Å². The minimum Gasteiger partial charge on any atom is -0.490 e. The molecule has 0 aromatic heterocycles. The fraction of sp³-hybridized carbons (Fsp3) is 0.429. The monoisotopic (exact) mass is 204 g/mol. The smallest absolute Gasteiger partial charge is 0.119 e. The molecule has 1 heteroatoms. The lowest BCUT2D eigenvalue weighted by Gasteiger charge is -2.09. The third-order valence-electron chi connectivity index (χ3n) is 2.64. The molecule has 1 atom stereocenters. The van der Waals surface area contributed by atoms with Crippen molar-refractivity contribution in [2.24, 2.45) is 0 Å². The van der Waals surface area contributed by atoms with Crippen LogP contribution >= 0.6 is 0 Å². The Bertz CT molecular complexity index is 298. The van der Waals surface area contributed by atoms with Crippen LogP contribution in [-0.2, 0) is 0 Å². The van der Waals surface area contributed by atoms with Gasteiger partial charge >= 0.3 is 0 Å². The van der Waals surface area contributed by atoms with E-state index >= 15 is 0 Å². The molecule has 1 aromatic rings. The van der Waals surface area contributed by atoms with E-state index in [0.717, 1.165) is 5.75 Å². The predicted molar refractivity (Wildman–Crippen MR) is 65.5 cm³/mol. The van der Waals surface area contributed by atoms with Gasteiger partial charge in [-0.2, -0.15) is 0 Å². The first kappa shape index (κ1) is 11.8. The summed E-state index contributed by atoms with van der Waals surface area (Å²) < 4.78 is 5.53. The van der Waals surface area contributed by atoms with Crippen molar-refractivity contribution in [2.75, 3.05) is 6.61 Å². The average molecular weight is 204 g/mol. The third-order valence-corrected chi connectivity index (χ3v) is 2.64. The van der Waals surface area contributed by atoms with E-state index in [4.69, 9.17) is 4.74 Å². The molecule has 0 N–H and O–H groups in total. The minimum absolute atomic E-state index is 0.634. The quantitative estimate of drug-likeness (QED) is 0.654. The summed E-state index contributed by atoms with van der Waals surface area (Å²) in [6.45, 7) is 7.10. The lowest BCUT2D eigenvalue weighted by molar-refractivity contribution is 0.362. The zero-order valence-electron chi connectivity index (χ0n) is 9.86. The van der Waals surface area contributed by atoms with E-state index in [1.165, 1.54) is 12.0 Å².